The fourth-order valence-electron chi connectivity index (χ4n) is 2.29. The molecule has 2 rings (SSSR count). The number of thioether (sulfide) groups is 1. The third-order valence-corrected chi connectivity index (χ3v) is 4.26. The zero-order valence-corrected chi connectivity index (χ0v) is 13.6. The largest absolute Gasteiger partial charge is 0.373 e. The average molecular weight is 287 g/mol. The van der Waals surface area contributed by atoms with E-state index < -0.39 is 0 Å². The number of aryl methyl sites for hydroxylation is 3. The summed E-state index contributed by atoms with van der Waals surface area (Å²) >= 11 is 1.77. The number of nitrogens with one attached hydrogen (secondary N) is 1. The summed E-state index contributed by atoms with van der Waals surface area (Å²) in [5.74, 6) is 2.66. The van der Waals surface area contributed by atoms with Gasteiger partial charge in [0.1, 0.15) is 16.7 Å². The molecule has 0 aliphatic rings. The number of rotatable bonds is 4. The van der Waals surface area contributed by atoms with E-state index in [2.05, 4.69) is 54.3 Å². The normalized spacial score (nSPS) is 10.7. The number of hydrogen-bond acceptors (Lipinski definition) is 4. The molecule has 1 N–H and O–H groups in total. The molecule has 0 spiro atoms. The summed E-state index contributed by atoms with van der Waals surface area (Å²) in [5.41, 5.74) is 5.08. The Morgan fingerprint density at radius 1 is 1.00 bits per heavy atom. The van der Waals surface area contributed by atoms with Crippen LogP contribution in [-0.4, -0.2) is 17.0 Å². The molecule has 1 heterocycles. The second kappa shape index (κ2) is 6.27. The number of hydrogen-bond donors (Lipinski definition) is 1. The zero-order chi connectivity index (χ0) is 14.7. The Hall–Kier alpha value is -1.55. The summed E-state index contributed by atoms with van der Waals surface area (Å²) in [6.07, 6.45) is 0. The number of nitrogens with zero attached hydrogens (tertiary/aromatic N) is 2. The van der Waals surface area contributed by atoms with Gasteiger partial charge in [-0.2, -0.15) is 0 Å². The van der Waals surface area contributed by atoms with Crippen LogP contribution in [0, 0.1) is 27.7 Å². The van der Waals surface area contributed by atoms with Gasteiger partial charge in [0.15, 0.2) is 0 Å². The molecule has 0 aliphatic carbocycles. The lowest BCUT2D eigenvalue weighted by atomic mass is 10.1. The van der Waals surface area contributed by atoms with Crippen LogP contribution in [-0.2, 0) is 5.75 Å². The van der Waals surface area contributed by atoms with E-state index in [-0.39, 0.29) is 0 Å². The standard InChI is InChI=1S/C16H21N3S/c1-10-6-11(2)8-14(7-10)9-20-16-12(3)15(17-5)18-13(4)19-16/h6-8H,9H2,1-5H3,(H,17,18,19). The molecule has 1 aromatic heterocycles. The smallest absolute Gasteiger partial charge is 0.133 e. The maximum Gasteiger partial charge on any atom is 0.133 e. The van der Waals surface area contributed by atoms with Crippen LogP contribution < -0.4 is 5.32 Å². The molecule has 0 bridgehead atoms. The first-order chi connectivity index (χ1) is 9.49. The van der Waals surface area contributed by atoms with Crippen molar-refractivity contribution in [3.8, 4) is 0 Å². The predicted molar refractivity (Wildman–Crippen MR) is 86.5 cm³/mol. The fourth-order valence-corrected chi connectivity index (χ4v) is 3.27. The maximum atomic E-state index is 4.55. The first kappa shape index (κ1) is 14.9. The SMILES string of the molecule is CNc1nc(C)nc(SCc2cc(C)cc(C)c2)c1C. The highest BCUT2D eigenvalue weighted by atomic mass is 32.2. The molecule has 20 heavy (non-hydrogen) atoms. The van der Waals surface area contributed by atoms with Gasteiger partial charge >= 0.3 is 0 Å². The van der Waals surface area contributed by atoms with Crippen molar-refractivity contribution in [3.63, 3.8) is 0 Å². The lowest BCUT2D eigenvalue weighted by Gasteiger charge is -2.11. The van der Waals surface area contributed by atoms with Gasteiger partial charge in [0.25, 0.3) is 0 Å². The lowest BCUT2D eigenvalue weighted by molar-refractivity contribution is 0.940. The van der Waals surface area contributed by atoms with Crippen LogP contribution in [0.4, 0.5) is 5.82 Å². The van der Waals surface area contributed by atoms with E-state index in [0.717, 1.165) is 28.0 Å². The highest BCUT2D eigenvalue weighted by Gasteiger charge is 2.09. The minimum Gasteiger partial charge on any atom is -0.373 e. The highest BCUT2D eigenvalue weighted by molar-refractivity contribution is 7.98. The van der Waals surface area contributed by atoms with E-state index >= 15 is 0 Å². The maximum absolute atomic E-state index is 4.55. The van der Waals surface area contributed by atoms with Crippen molar-refractivity contribution in [2.75, 3.05) is 12.4 Å². The summed E-state index contributed by atoms with van der Waals surface area (Å²) in [5, 5.41) is 4.18. The van der Waals surface area contributed by atoms with Gasteiger partial charge < -0.3 is 5.32 Å². The minimum atomic E-state index is 0.808. The summed E-state index contributed by atoms with van der Waals surface area (Å²) in [7, 11) is 1.90. The van der Waals surface area contributed by atoms with Crippen LogP contribution >= 0.6 is 11.8 Å². The molecule has 0 aliphatic heterocycles. The van der Waals surface area contributed by atoms with Crippen LogP contribution in [0.5, 0.6) is 0 Å². The van der Waals surface area contributed by atoms with Crippen LogP contribution in [0.2, 0.25) is 0 Å². The Labute approximate surface area is 125 Å². The Morgan fingerprint density at radius 3 is 2.25 bits per heavy atom. The molecule has 0 atom stereocenters. The first-order valence-corrected chi connectivity index (χ1v) is 7.71. The van der Waals surface area contributed by atoms with Crippen molar-refractivity contribution in [2.24, 2.45) is 0 Å². The molecule has 0 fully saturated rings. The molecular weight excluding hydrogens is 266 g/mol. The summed E-state index contributed by atoms with van der Waals surface area (Å²) in [6, 6.07) is 6.68. The molecule has 0 saturated heterocycles. The molecule has 0 unspecified atom stereocenters. The molecule has 0 saturated carbocycles. The topological polar surface area (TPSA) is 37.8 Å². The van der Waals surface area contributed by atoms with Gasteiger partial charge in [-0.1, -0.05) is 29.3 Å². The average Bonchev–Trinajstić information content (AvgIpc) is 2.38. The molecule has 106 valence electrons. The van der Waals surface area contributed by atoms with E-state index in [1.54, 1.807) is 11.8 Å². The second-order valence-electron chi connectivity index (χ2n) is 5.08. The van der Waals surface area contributed by atoms with Gasteiger partial charge in [0, 0.05) is 18.4 Å². The van der Waals surface area contributed by atoms with Crippen molar-refractivity contribution >= 4 is 17.6 Å². The van der Waals surface area contributed by atoms with Gasteiger partial charge in [-0.3, -0.25) is 0 Å². The van der Waals surface area contributed by atoms with E-state index in [0.29, 0.717) is 0 Å². The van der Waals surface area contributed by atoms with Crippen molar-refractivity contribution in [1.82, 2.24) is 9.97 Å². The van der Waals surface area contributed by atoms with Crippen LogP contribution in [0.25, 0.3) is 0 Å². The Bertz CT molecular complexity index is 603. The van der Waals surface area contributed by atoms with Crippen molar-refractivity contribution in [2.45, 2.75) is 38.5 Å². The predicted octanol–water partition coefficient (Wildman–Crippen LogP) is 4.04. The number of anilines is 1. The fraction of sp³-hybridized carbons (Fsp3) is 0.375. The second-order valence-corrected chi connectivity index (χ2v) is 6.05. The Balaban J connectivity index is 2.20. The molecular formula is C16H21N3S. The van der Waals surface area contributed by atoms with Crippen molar-refractivity contribution in [1.29, 1.82) is 0 Å². The van der Waals surface area contributed by atoms with E-state index in [9.17, 15) is 0 Å². The van der Waals surface area contributed by atoms with E-state index in [1.165, 1.54) is 16.7 Å². The quantitative estimate of drug-likeness (QED) is 0.680. The third kappa shape index (κ3) is 3.51. The summed E-state index contributed by atoms with van der Waals surface area (Å²) in [6.45, 7) is 8.27. The van der Waals surface area contributed by atoms with Gasteiger partial charge in [0.05, 0.1) is 0 Å². The molecule has 0 radical (unpaired) electrons. The van der Waals surface area contributed by atoms with Crippen molar-refractivity contribution in [3.05, 3.63) is 46.3 Å². The minimum absolute atomic E-state index is 0.808. The number of benzene rings is 1. The molecule has 1 aromatic carbocycles. The molecule has 4 heteroatoms. The van der Waals surface area contributed by atoms with Crippen LogP contribution in [0.15, 0.2) is 23.2 Å². The lowest BCUT2D eigenvalue weighted by Crippen LogP contribution is -2.02. The number of aromatic nitrogens is 2. The zero-order valence-electron chi connectivity index (χ0n) is 12.7. The Kier molecular flexibility index (Phi) is 4.65. The summed E-state index contributed by atoms with van der Waals surface area (Å²) < 4.78 is 0. The molecule has 0 amide bonds. The van der Waals surface area contributed by atoms with Crippen LogP contribution in [0.1, 0.15) is 28.1 Å². The highest BCUT2D eigenvalue weighted by Crippen LogP contribution is 2.28. The van der Waals surface area contributed by atoms with Crippen molar-refractivity contribution < 1.29 is 0 Å². The van der Waals surface area contributed by atoms with Gasteiger partial charge in [-0.25, -0.2) is 9.97 Å². The van der Waals surface area contributed by atoms with E-state index in [1.807, 2.05) is 14.0 Å². The molecule has 2 aromatic rings. The van der Waals surface area contributed by atoms with E-state index in [4.69, 9.17) is 0 Å². The Morgan fingerprint density at radius 2 is 1.65 bits per heavy atom. The van der Waals surface area contributed by atoms with Crippen LogP contribution in [0.3, 0.4) is 0 Å². The van der Waals surface area contributed by atoms with Gasteiger partial charge in [-0.05, 0) is 33.3 Å². The first-order valence-electron chi connectivity index (χ1n) is 6.72. The monoisotopic (exact) mass is 287 g/mol. The van der Waals surface area contributed by atoms with Gasteiger partial charge in [-0.15, -0.1) is 11.8 Å². The molecule has 3 nitrogen and oxygen atoms in total. The summed E-state index contributed by atoms with van der Waals surface area (Å²) in [4.78, 5) is 8.95. The third-order valence-electron chi connectivity index (χ3n) is 3.11. The van der Waals surface area contributed by atoms with Gasteiger partial charge in [0.2, 0.25) is 0 Å².